The maximum atomic E-state index is 13.7. The van der Waals surface area contributed by atoms with Crippen LogP contribution in [0.5, 0.6) is 0 Å². The molecule has 1 saturated heterocycles. The molecule has 1 spiro atoms. The van der Waals surface area contributed by atoms with Crippen LogP contribution in [0.15, 0.2) is 48.5 Å². The van der Waals surface area contributed by atoms with Gasteiger partial charge in [-0.25, -0.2) is 4.39 Å². The van der Waals surface area contributed by atoms with Crippen molar-refractivity contribution in [3.63, 3.8) is 0 Å². The van der Waals surface area contributed by atoms with Crippen LogP contribution in [-0.2, 0) is 4.79 Å². The molecule has 3 aliphatic rings. The zero-order chi connectivity index (χ0) is 22.3. The van der Waals surface area contributed by atoms with Gasteiger partial charge in [-0.3, -0.25) is 9.18 Å². The second-order valence-electron chi connectivity index (χ2n) is 8.91. The molecule has 165 valence electrons. The lowest BCUT2D eigenvalue weighted by Gasteiger charge is -2.15. The van der Waals surface area contributed by atoms with Crippen molar-refractivity contribution in [3.8, 4) is 11.1 Å². The fraction of sp³-hybridized carbons (Fsp3) is 0.480. The SMILES string of the molecule is Cc1cccc(-c2ccccc2)c1F.N[B]CF.O=C(CC1CC1)N1CCC2(CC2)C1. The molecule has 0 atom stereocenters. The maximum Gasteiger partial charge on any atom is 0.241 e. The first kappa shape index (κ1) is 23.5. The topological polar surface area (TPSA) is 46.3 Å². The van der Waals surface area contributed by atoms with Crippen molar-refractivity contribution in [1.29, 1.82) is 0 Å². The first-order valence-corrected chi connectivity index (χ1v) is 11.2. The number of hydrogen-bond donors (Lipinski definition) is 1. The van der Waals surface area contributed by atoms with Gasteiger partial charge in [0.05, 0.1) is 6.57 Å². The third-order valence-corrected chi connectivity index (χ3v) is 6.27. The highest BCUT2D eigenvalue weighted by Crippen LogP contribution is 2.52. The average molecular weight is 425 g/mol. The van der Waals surface area contributed by atoms with Gasteiger partial charge in [0.25, 0.3) is 0 Å². The number of rotatable bonds is 4. The van der Waals surface area contributed by atoms with Gasteiger partial charge in [0.2, 0.25) is 13.3 Å². The molecule has 2 saturated carbocycles. The number of nitrogens with two attached hydrogens (primary N) is 1. The molecular formula is C25H32BF2N2O. The molecule has 0 bridgehead atoms. The molecule has 1 amide bonds. The van der Waals surface area contributed by atoms with Crippen molar-refractivity contribution in [1.82, 2.24) is 4.90 Å². The lowest BCUT2D eigenvalue weighted by Crippen LogP contribution is -2.29. The number of aryl methyl sites for hydroxylation is 1. The van der Waals surface area contributed by atoms with Crippen LogP contribution in [0.25, 0.3) is 11.1 Å². The van der Waals surface area contributed by atoms with Gasteiger partial charge >= 0.3 is 0 Å². The normalized spacial score (nSPS) is 17.9. The number of halogens is 2. The average Bonchev–Trinajstić information content (AvgIpc) is 3.70. The second-order valence-corrected chi connectivity index (χ2v) is 8.91. The number of amides is 1. The molecule has 2 N–H and O–H groups in total. The quantitative estimate of drug-likeness (QED) is 0.694. The van der Waals surface area contributed by atoms with Crippen LogP contribution < -0.4 is 5.64 Å². The Labute approximate surface area is 185 Å². The molecular weight excluding hydrogens is 393 g/mol. The second kappa shape index (κ2) is 10.9. The molecule has 2 aromatic carbocycles. The number of benzene rings is 2. The summed E-state index contributed by atoms with van der Waals surface area (Å²) in [5.74, 6) is 1.06. The van der Waals surface area contributed by atoms with Crippen molar-refractivity contribution in [2.75, 3.05) is 19.7 Å². The summed E-state index contributed by atoms with van der Waals surface area (Å²) in [6.45, 7) is 3.38. The van der Waals surface area contributed by atoms with E-state index in [9.17, 15) is 13.6 Å². The van der Waals surface area contributed by atoms with E-state index in [1.807, 2.05) is 36.4 Å². The predicted octanol–water partition coefficient (Wildman–Crippen LogP) is 5.09. The van der Waals surface area contributed by atoms with Crippen LogP contribution in [0.3, 0.4) is 0 Å². The Balaban J connectivity index is 0.000000151. The summed E-state index contributed by atoms with van der Waals surface area (Å²) in [7, 11) is 0.958. The van der Waals surface area contributed by atoms with Gasteiger partial charge in [-0.15, -0.1) is 0 Å². The van der Waals surface area contributed by atoms with Gasteiger partial charge in [0.15, 0.2) is 0 Å². The number of hydrogen-bond acceptors (Lipinski definition) is 2. The molecule has 6 heteroatoms. The minimum absolute atomic E-state index is 0.126. The molecule has 31 heavy (non-hydrogen) atoms. The summed E-state index contributed by atoms with van der Waals surface area (Å²) in [5.41, 5.74) is 7.42. The zero-order valence-corrected chi connectivity index (χ0v) is 18.3. The van der Waals surface area contributed by atoms with E-state index in [0.29, 0.717) is 22.4 Å². The minimum atomic E-state index is -0.528. The van der Waals surface area contributed by atoms with Crippen molar-refractivity contribution in [2.45, 2.75) is 45.4 Å². The largest absolute Gasteiger partial charge is 0.372 e. The van der Waals surface area contributed by atoms with E-state index in [1.165, 1.54) is 32.1 Å². The summed E-state index contributed by atoms with van der Waals surface area (Å²) >= 11 is 0. The molecule has 1 radical (unpaired) electrons. The molecule has 2 aliphatic carbocycles. The van der Waals surface area contributed by atoms with Crippen LogP contribution in [-0.4, -0.2) is 37.9 Å². The molecule has 1 heterocycles. The highest BCUT2D eigenvalue weighted by Gasteiger charge is 2.48. The predicted molar refractivity (Wildman–Crippen MR) is 123 cm³/mol. The van der Waals surface area contributed by atoms with Gasteiger partial charge in [0, 0.05) is 25.1 Å². The van der Waals surface area contributed by atoms with Gasteiger partial charge < -0.3 is 10.5 Å². The molecule has 3 fully saturated rings. The Morgan fingerprint density at radius 1 is 1.13 bits per heavy atom. The van der Waals surface area contributed by atoms with E-state index in [4.69, 9.17) is 0 Å². The number of alkyl halides is 1. The molecule has 3 nitrogen and oxygen atoms in total. The van der Waals surface area contributed by atoms with Crippen molar-refractivity contribution in [2.24, 2.45) is 17.0 Å². The molecule has 0 unspecified atom stereocenters. The van der Waals surface area contributed by atoms with Gasteiger partial charge in [-0.05, 0) is 61.5 Å². The zero-order valence-electron chi connectivity index (χ0n) is 18.3. The highest BCUT2D eigenvalue weighted by molar-refractivity contribution is 6.30. The highest BCUT2D eigenvalue weighted by atomic mass is 19.1. The van der Waals surface area contributed by atoms with E-state index in [1.54, 1.807) is 19.1 Å². The molecule has 0 aromatic heterocycles. The number of nitrogens with zero attached hydrogens (tertiary/aromatic N) is 1. The lowest BCUT2D eigenvalue weighted by molar-refractivity contribution is -0.130. The summed E-state index contributed by atoms with van der Waals surface area (Å²) in [6, 6.07) is 15.0. The Morgan fingerprint density at radius 3 is 2.35 bits per heavy atom. The van der Waals surface area contributed by atoms with Crippen molar-refractivity contribution >= 4 is 13.3 Å². The van der Waals surface area contributed by atoms with Crippen LogP contribution >= 0.6 is 0 Å². The van der Waals surface area contributed by atoms with E-state index in [-0.39, 0.29) is 5.82 Å². The van der Waals surface area contributed by atoms with Crippen LogP contribution in [0.1, 0.15) is 44.1 Å². The molecule has 2 aromatic rings. The van der Waals surface area contributed by atoms with E-state index < -0.39 is 6.57 Å². The summed E-state index contributed by atoms with van der Waals surface area (Å²) in [6.07, 6.45) is 7.47. The Bertz CT molecular complexity index is 852. The first-order chi connectivity index (χ1) is 15.0. The van der Waals surface area contributed by atoms with Gasteiger partial charge in [0.1, 0.15) is 5.82 Å². The molecule has 5 rings (SSSR count). The van der Waals surface area contributed by atoms with Crippen LogP contribution in [0.2, 0.25) is 0 Å². The third kappa shape index (κ3) is 6.89. The van der Waals surface area contributed by atoms with E-state index in [0.717, 1.165) is 38.4 Å². The number of carbonyl (C=O) groups is 1. The van der Waals surface area contributed by atoms with E-state index >= 15 is 0 Å². The Hall–Kier alpha value is -2.21. The molecule has 1 aliphatic heterocycles. The fourth-order valence-corrected chi connectivity index (χ4v) is 3.92. The van der Waals surface area contributed by atoms with Crippen molar-refractivity contribution < 1.29 is 13.6 Å². The minimum Gasteiger partial charge on any atom is -0.372 e. The van der Waals surface area contributed by atoms with Gasteiger partial charge in [-0.2, -0.15) is 0 Å². The lowest BCUT2D eigenvalue weighted by atomic mass is 10.0. The Kier molecular flexibility index (Phi) is 8.25. The summed E-state index contributed by atoms with van der Waals surface area (Å²) in [4.78, 5) is 13.9. The fourth-order valence-electron chi connectivity index (χ4n) is 3.92. The summed E-state index contributed by atoms with van der Waals surface area (Å²) in [5, 5.41) is 0. The smallest absolute Gasteiger partial charge is 0.241 e. The maximum absolute atomic E-state index is 13.7. The van der Waals surface area contributed by atoms with E-state index in [2.05, 4.69) is 10.5 Å². The van der Waals surface area contributed by atoms with Crippen LogP contribution in [0.4, 0.5) is 8.78 Å². The first-order valence-electron chi connectivity index (χ1n) is 11.2. The standard InChI is InChI=1S/C13H11F.C11H17NO.CH4BFN/c1-10-6-5-9-12(13(10)14)11-7-3-2-4-8-11;13-10(7-9-1-2-9)12-6-5-11(8-12)3-4-11;3-1-2-4/h2-9H,1H3;9H,1-8H2;1,4H2. The number of carbonyl (C=O) groups excluding carboxylic acids is 1. The monoisotopic (exact) mass is 425 g/mol. The third-order valence-electron chi connectivity index (χ3n) is 6.27. The van der Waals surface area contributed by atoms with Gasteiger partial charge in [-0.1, -0.05) is 48.5 Å². The number of likely N-dealkylation sites (tertiary alicyclic amines) is 1. The summed E-state index contributed by atoms with van der Waals surface area (Å²) < 4.78 is 24.2. The van der Waals surface area contributed by atoms with Crippen LogP contribution in [0, 0.1) is 24.1 Å². The Morgan fingerprint density at radius 2 is 1.81 bits per heavy atom. The van der Waals surface area contributed by atoms with Crippen molar-refractivity contribution in [3.05, 3.63) is 59.9 Å².